The Morgan fingerprint density at radius 3 is 2.62 bits per heavy atom. The maximum atomic E-state index is 12.6. The van der Waals surface area contributed by atoms with Crippen LogP contribution in [0.3, 0.4) is 0 Å². The number of aryl methyl sites for hydroxylation is 2. The van der Waals surface area contributed by atoms with Gasteiger partial charge in [-0.3, -0.25) is 4.79 Å². The van der Waals surface area contributed by atoms with Gasteiger partial charge in [0.05, 0.1) is 0 Å². The summed E-state index contributed by atoms with van der Waals surface area (Å²) in [7, 11) is 0. The van der Waals surface area contributed by atoms with Gasteiger partial charge in [0.2, 0.25) is 0 Å². The number of para-hydroxylation sites is 1. The summed E-state index contributed by atoms with van der Waals surface area (Å²) in [4.78, 5) is 12.6. The fourth-order valence-corrected chi connectivity index (χ4v) is 3.06. The first-order chi connectivity index (χ1) is 12.4. The zero-order chi connectivity index (χ0) is 19.3. The zero-order valence-electron chi connectivity index (χ0n) is 16.3. The average Bonchev–Trinajstić information content (AvgIpc) is 2.87. The molecule has 0 radical (unpaired) electrons. The summed E-state index contributed by atoms with van der Waals surface area (Å²) in [5.41, 5.74) is 5.04. The molecule has 2 aromatic rings. The number of benzene rings is 1. The smallest absolute Gasteiger partial charge is 0.266 e. The molecule has 0 aliphatic carbocycles. The van der Waals surface area contributed by atoms with Gasteiger partial charge in [-0.15, -0.1) is 0 Å². The van der Waals surface area contributed by atoms with Crippen molar-refractivity contribution in [1.82, 2.24) is 4.57 Å². The topological polar surface area (TPSA) is 57.8 Å². The number of hydrogen-bond donors (Lipinski definition) is 1. The molecule has 4 heteroatoms. The van der Waals surface area contributed by atoms with Gasteiger partial charge in [-0.25, -0.2) is 0 Å². The summed E-state index contributed by atoms with van der Waals surface area (Å²) in [6, 6.07) is 11.7. The fraction of sp³-hybridized carbons (Fsp3) is 0.364. The molecular formula is C22H27N3O. The Morgan fingerprint density at radius 2 is 2.00 bits per heavy atom. The fourth-order valence-electron chi connectivity index (χ4n) is 3.06. The van der Waals surface area contributed by atoms with Crippen LogP contribution in [0.25, 0.3) is 6.08 Å². The van der Waals surface area contributed by atoms with Crippen LogP contribution in [0, 0.1) is 31.1 Å². The molecule has 0 fully saturated rings. The summed E-state index contributed by atoms with van der Waals surface area (Å²) in [5.74, 6) is 0.156. The Bertz CT molecular complexity index is 866. The van der Waals surface area contributed by atoms with Gasteiger partial charge in [0.15, 0.2) is 0 Å². The van der Waals surface area contributed by atoms with E-state index < -0.39 is 0 Å². The minimum Gasteiger partial charge on any atom is -0.348 e. The average molecular weight is 349 g/mol. The molecule has 136 valence electrons. The number of carbonyl (C=O) groups excluding carboxylic acids is 1. The van der Waals surface area contributed by atoms with Crippen molar-refractivity contribution >= 4 is 17.7 Å². The lowest BCUT2D eigenvalue weighted by Gasteiger charge is -2.12. The van der Waals surface area contributed by atoms with Gasteiger partial charge in [-0.05, 0) is 55.5 Å². The summed E-state index contributed by atoms with van der Waals surface area (Å²) < 4.78 is 2.23. The molecule has 0 saturated carbocycles. The van der Waals surface area contributed by atoms with Gasteiger partial charge < -0.3 is 9.88 Å². The Labute approximate surface area is 156 Å². The van der Waals surface area contributed by atoms with Crippen molar-refractivity contribution in [3.05, 3.63) is 58.4 Å². The first-order valence-electron chi connectivity index (χ1n) is 9.05. The van der Waals surface area contributed by atoms with E-state index in [-0.39, 0.29) is 11.5 Å². The predicted molar refractivity (Wildman–Crippen MR) is 107 cm³/mol. The minimum absolute atomic E-state index is 0.112. The van der Waals surface area contributed by atoms with Crippen LogP contribution < -0.4 is 5.32 Å². The number of amides is 1. The molecule has 1 aromatic heterocycles. The van der Waals surface area contributed by atoms with Gasteiger partial charge in [-0.2, -0.15) is 5.26 Å². The molecule has 1 heterocycles. The predicted octanol–water partition coefficient (Wildman–Crippen LogP) is 4.87. The van der Waals surface area contributed by atoms with Crippen molar-refractivity contribution in [2.75, 3.05) is 5.32 Å². The van der Waals surface area contributed by atoms with Crippen LogP contribution in [-0.2, 0) is 17.8 Å². The molecule has 0 unspecified atom stereocenters. The summed E-state index contributed by atoms with van der Waals surface area (Å²) >= 11 is 0. The Morgan fingerprint density at radius 1 is 1.31 bits per heavy atom. The Hall–Kier alpha value is -2.80. The highest BCUT2D eigenvalue weighted by atomic mass is 16.1. The third-order valence-electron chi connectivity index (χ3n) is 4.47. The molecule has 0 bridgehead atoms. The summed E-state index contributed by atoms with van der Waals surface area (Å²) in [5, 5.41) is 12.4. The van der Waals surface area contributed by atoms with Crippen molar-refractivity contribution in [3.8, 4) is 6.07 Å². The maximum Gasteiger partial charge on any atom is 0.266 e. The van der Waals surface area contributed by atoms with Gasteiger partial charge in [0, 0.05) is 23.6 Å². The molecule has 4 nitrogen and oxygen atoms in total. The lowest BCUT2D eigenvalue weighted by molar-refractivity contribution is -0.112. The van der Waals surface area contributed by atoms with Crippen LogP contribution in [0.15, 0.2) is 35.9 Å². The third kappa shape index (κ3) is 4.43. The highest BCUT2D eigenvalue weighted by Gasteiger charge is 2.14. The van der Waals surface area contributed by atoms with Crippen molar-refractivity contribution < 1.29 is 4.79 Å². The monoisotopic (exact) mass is 349 g/mol. The lowest BCUT2D eigenvalue weighted by atomic mass is 10.1. The van der Waals surface area contributed by atoms with Gasteiger partial charge in [-0.1, -0.05) is 39.0 Å². The second-order valence-corrected chi connectivity index (χ2v) is 6.97. The SMILES string of the molecule is CCc1ccccc1NC(=O)/C(C#N)=C/c1cc(C)n(CC(C)C)c1C. The molecule has 0 spiro atoms. The van der Waals surface area contributed by atoms with Crippen molar-refractivity contribution in [3.63, 3.8) is 0 Å². The number of anilines is 1. The van der Waals surface area contributed by atoms with E-state index >= 15 is 0 Å². The number of nitrogens with one attached hydrogen (secondary N) is 1. The molecule has 0 aliphatic rings. The van der Waals surface area contributed by atoms with Crippen LogP contribution in [0.2, 0.25) is 0 Å². The van der Waals surface area contributed by atoms with E-state index in [1.54, 1.807) is 6.08 Å². The van der Waals surface area contributed by atoms with E-state index in [1.165, 1.54) is 0 Å². The largest absolute Gasteiger partial charge is 0.348 e. The molecule has 1 aromatic carbocycles. The summed E-state index contributed by atoms with van der Waals surface area (Å²) in [6.07, 6.45) is 2.50. The van der Waals surface area contributed by atoms with E-state index in [4.69, 9.17) is 0 Å². The van der Waals surface area contributed by atoms with Crippen LogP contribution in [0.4, 0.5) is 5.69 Å². The van der Waals surface area contributed by atoms with E-state index in [9.17, 15) is 10.1 Å². The van der Waals surface area contributed by atoms with Crippen LogP contribution >= 0.6 is 0 Å². The molecule has 0 saturated heterocycles. The first-order valence-corrected chi connectivity index (χ1v) is 9.05. The summed E-state index contributed by atoms with van der Waals surface area (Å²) in [6.45, 7) is 11.4. The van der Waals surface area contributed by atoms with Crippen molar-refractivity contribution in [2.45, 2.75) is 47.6 Å². The standard InChI is InChI=1S/C22H27N3O/c1-6-18-9-7-8-10-21(18)24-22(26)20(13-23)12-19-11-16(4)25(17(19)5)14-15(2)3/h7-12,15H,6,14H2,1-5H3,(H,24,26)/b20-12+. The minimum atomic E-state index is -0.373. The molecule has 26 heavy (non-hydrogen) atoms. The second kappa shape index (κ2) is 8.53. The maximum absolute atomic E-state index is 12.6. The number of rotatable bonds is 6. The van der Waals surface area contributed by atoms with Gasteiger partial charge >= 0.3 is 0 Å². The first kappa shape index (κ1) is 19.5. The number of hydrogen-bond acceptors (Lipinski definition) is 2. The number of aromatic nitrogens is 1. The highest BCUT2D eigenvalue weighted by molar-refractivity contribution is 6.10. The van der Waals surface area contributed by atoms with Gasteiger partial charge in [0.1, 0.15) is 11.6 Å². The van der Waals surface area contributed by atoms with E-state index in [0.29, 0.717) is 5.92 Å². The molecular weight excluding hydrogens is 322 g/mol. The molecule has 1 amide bonds. The zero-order valence-corrected chi connectivity index (χ0v) is 16.3. The molecule has 0 aliphatic heterocycles. The normalized spacial score (nSPS) is 11.5. The van der Waals surface area contributed by atoms with Crippen molar-refractivity contribution in [2.24, 2.45) is 5.92 Å². The van der Waals surface area contributed by atoms with Crippen LogP contribution in [-0.4, -0.2) is 10.5 Å². The second-order valence-electron chi connectivity index (χ2n) is 6.97. The van der Waals surface area contributed by atoms with Crippen LogP contribution in [0.5, 0.6) is 0 Å². The quantitative estimate of drug-likeness (QED) is 0.597. The highest BCUT2D eigenvalue weighted by Crippen LogP contribution is 2.21. The molecule has 1 N–H and O–H groups in total. The Kier molecular flexibility index (Phi) is 6.41. The van der Waals surface area contributed by atoms with Crippen LogP contribution in [0.1, 0.15) is 43.3 Å². The van der Waals surface area contributed by atoms with E-state index in [2.05, 4.69) is 30.7 Å². The third-order valence-corrected chi connectivity index (χ3v) is 4.47. The lowest BCUT2D eigenvalue weighted by Crippen LogP contribution is -2.14. The van der Waals surface area contributed by atoms with Gasteiger partial charge in [0.25, 0.3) is 5.91 Å². The number of nitriles is 1. The number of nitrogens with zero attached hydrogens (tertiary/aromatic N) is 2. The Balaban J connectivity index is 2.31. The molecule has 0 atom stereocenters. The van der Waals surface area contributed by atoms with E-state index in [0.717, 1.165) is 41.2 Å². The van der Waals surface area contributed by atoms with E-state index in [1.807, 2.05) is 50.2 Å². The van der Waals surface area contributed by atoms with Crippen molar-refractivity contribution in [1.29, 1.82) is 5.26 Å². The molecule has 2 rings (SSSR count). The number of carbonyl (C=O) groups is 1.